The molecule has 0 saturated carbocycles. The van der Waals surface area contributed by atoms with Crippen molar-refractivity contribution in [1.82, 2.24) is 5.32 Å². The van der Waals surface area contributed by atoms with E-state index in [0.29, 0.717) is 17.1 Å². The average Bonchev–Trinajstić information content (AvgIpc) is 2.55. The summed E-state index contributed by atoms with van der Waals surface area (Å²) in [5.74, 6) is 1.17. The molecule has 2 aromatic rings. The molecule has 0 bridgehead atoms. The molecule has 1 N–H and O–H groups in total. The lowest BCUT2D eigenvalue weighted by atomic mass is 10.2. The topological polar surface area (TPSA) is 47.6 Å². The molecular weight excluding hydrogens is 266 g/mol. The summed E-state index contributed by atoms with van der Waals surface area (Å²) in [6, 6.07) is 14.6. The highest BCUT2D eigenvalue weighted by molar-refractivity contribution is 5.95. The lowest BCUT2D eigenvalue weighted by Crippen LogP contribution is -2.16. The summed E-state index contributed by atoms with van der Waals surface area (Å²) in [6.45, 7) is 0. The molecule has 0 fully saturated rings. The smallest absolute Gasteiger partial charge is 0.255 e. The molecule has 4 nitrogen and oxygen atoms in total. The highest BCUT2D eigenvalue weighted by atomic mass is 16.5. The molecule has 21 heavy (non-hydrogen) atoms. The molecule has 0 aliphatic heterocycles. The van der Waals surface area contributed by atoms with Crippen LogP contribution in [0.1, 0.15) is 15.9 Å². The second-order valence-electron chi connectivity index (χ2n) is 4.29. The largest absolute Gasteiger partial charge is 0.493 e. The van der Waals surface area contributed by atoms with Gasteiger partial charge in [-0.3, -0.25) is 4.79 Å². The number of carbonyl (C=O) groups is 1. The first-order valence-corrected chi connectivity index (χ1v) is 6.49. The van der Waals surface area contributed by atoms with Crippen molar-refractivity contribution >= 4 is 12.0 Å². The number of nitrogens with one attached hydrogen (secondary N) is 1. The maximum Gasteiger partial charge on any atom is 0.255 e. The van der Waals surface area contributed by atoms with E-state index in [4.69, 9.17) is 9.47 Å². The molecular formula is C17H17NO3. The molecule has 2 aromatic carbocycles. The number of hydrogen-bond donors (Lipinski definition) is 1. The molecule has 2 rings (SSSR count). The molecule has 108 valence electrons. The maximum atomic E-state index is 11.9. The Morgan fingerprint density at radius 3 is 2.38 bits per heavy atom. The Hall–Kier alpha value is -2.75. The fourth-order valence-electron chi connectivity index (χ4n) is 1.84. The van der Waals surface area contributed by atoms with E-state index in [0.717, 1.165) is 5.56 Å². The molecule has 1 amide bonds. The average molecular weight is 283 g/mol. The van der Waals surface area contributed by atoms with E-state index in [1.165, 1.54) is 0 Å². The predicted octanol–water partition coefficient (Wildman–Crippen LogP) is 3.10. The summed E-state index contributed by atoms with van der Waals surface area (Å²) in [6.07, 6.45) is 3.40. The fraction of sp³-hybridized carbons (Fsp3) is 0.118. The summed E-state index contributed by atoms with van der Waals surface area (Å²) in [5, 5.41) is 2.72. The van der Waals surface area contributed by atoms with Gasteiger partial charge in [-0.1, -0.05) is 24.3 Å². The number of carbonyl (C=O) groups excluding carboxylic acids is 1. The van der Waals surface area contributed by atoms with E-state index < -0.39 is 0 Å². The number of benzene rings is 2. The SMILES string of the molecule is COc1ccc(C=CNC(=O)c2ccccc2)cc1OC. The van der Waals surface area contributed by atoms with E-state index in [-0.39, 0.29) is 5.91 Å². The highest BCUT2D eigenvalue weighted by Crippen LogP contribution is 2.27. The van der Waals surface area contributed by atoms with Crippen LogP contribution < -0.4 is 14.8 Å². The molecule has 0 aromatic heterocycles. The quantitative estimate of drug-likeness (QED) is 0.917. The third-order valence-corrected chi connectivity index (χ3v) is 2.93. The van der Waals surface area contributed by atoms with Crippen LogP contribution in [-0.2, 0) is 0 Å². The van der Waals surface area contributed by atoms with Crippen molar-refractivity contribution in [3.8, 4) is 11.5 Å². The van der Waals surface area contributed by atoms with E-state index in [1.54, 1.807) is 38.6 Å². The molecule has 4 heteroatoms. The second-order valence-corrected chi connectivity index (χ2v) is 4.29. The summed E-state index contributed by atoms with van der Waals surface area (Å²) >= 11 is 0. The van der Waals surface area contributed by atoms with Crippen LogP contribution in [0.2, 0.25) is 0 Å². The Kier molecular flexibility index (Phi) is 4.99. The molecule has 0 aliphatic rings. The van der Waals surface area contributed by atoms with Crippen LogP contribution in [0.4, 0.5) is 0 Å². The number of hydrogen-bond acceptors (Lipinski definition) is 3. The monoisotopic (exact) mass is 283 g/mol. The highest BCUT2D eigenvalue weighted by Gasteiger charge is 2.03. The van der Waals surface area contributed by atoms with Gasteiger partial charge in [-0.2, -0.15) is 0 Å². The Bertz CT molecular complexity index is 636. The van der Waals surface area contributed by atoms with Gasteiger partial charge in [-0.25, -0.2) is 0 Å². The minimum Gasteiger partial charge on any atom is -0.493 e. The molecule has 0 aliphatic carbocycles. The van der Waals surface area contributed by atoms with Crippen molar-refractivity contribution in [1.29, 1.82) is 0 Å². The van der Waals surface area contributed by atoms with Crippen molar-refractivity contribution in [2.75, 3.05) is 14.2 Å². The fourth-order valence-corrected chi connectivity index (χ4v) is 1.84. The van der Waals surface area contributed by atoms with Crippen LogP contribution in [0.5, 0.6) is 11.5 Å². The summed E-state index contributed by atoms with van der Waals surface area (Å²) in [7, 11) is 3.18. The Labute approximate surface area is 124 Å². The van der Waals surface area contributed by atoms with Gasteiger partial charge in [-0.15, -0.1) is 0 Å². The standard InChI is InChI=1S/C17H17NO3/c1-20-15-9-8-13(12-16(15)21-2)10-11-18-17(19)14-6-4-3-5-7-14/h3-12H,1-2H3,(H,18,19). The van der Waals surface area contributed by atoms with Crippen LogP contribution in [0.3, 0.4) is 0 Å². The number of ether oxygens (including phenoxy) is 2. The van der Waals surface area contributed by atoms with Gasteiger partial charge in [0.1, 0.15) is 0 Å². The number of amides is 1. The van der Waals surface area contributed by atoms with E-state index >= 15 is 0 Å². The van der Waals surface area contributed by atoms with Crippen LogP contribution in [0, 0.1) is 0 Å². The van der Waals surface area contributed by atoms with Gasteiger partial charge in [0.15, 0.2) is 11.5 Å². The number of rotatable bonds is 5. The van der Waals surface area contributed by atoms with Gasteiger partial charge >= 0.3 is 0 Å². The Morgan fingerprint density at radius 2 is 1.71 bits per heavy atom. The van der Waals surface area contributed by atoms with Crippen LogP contribution >= 0.6 is 0 Å². The molecule has 0 radical (unpaired) electrons. The first-order valence-electron chi connectivity index (χ1n) is 6.49. The van der Waals surface area contributed by atoms with Crippen LogP contribution in [0.25, 0.3) is 6.08 Å². The van der Waals surface area contributed by atoms with Gasteiger partial charge in [0.05, 0.1) is 14.2 Å². The van der Waals surface area contributed by atoms with E-state index in [9.17, 15) is 4.79 Å². The third-order valence-electron chi connectivity index (χ3n) is 2.93. The van der Waals surface area contributed by atoms with E-state index in [2.05, 4.69) is 5.32 Å². The lowest BCUT2D eigenvalue weighted by Gasteiger charge is -2.07. The summed E-state index contributed by atoms with van der Waals surface area (Å²) in [5.41, 5.74) is 1.52. The number of methoxy groups -OCH3 is 2. The minimum atomic E-state index is -0.146. The first kappa shape index (κ1) is 14.7. The molecule has 0 unspecified atom stereocenters. The van der Waals surface area contributed by atoms with Crippen LogP contribution in [-0.4, -0.2) is 20.1 Å². The van der Waals surface area contributed by atoms with Gasteiger partial charge in [-0.05, 0) is 35.9 Å². The second kappa shape index (κ2) is 7.14. The molecule has 0 spiro atoms. The zero-order chi connectivity index (χ0) is 15.1. The van der Waals surface area contributed by atoms with Crippen molar-refractivity contribution in [3.05, 3.63) is 65.9 Å². The zero-order valence-corrected chi connectivity index (χ0v) is 12.0. The molecule has 0 heterocycles. The van der Waals surface area contributed by atoms with Crippen molar-refractivity contribution < 1.29 is 14.3 Å². The molecule has 0 atom stereocenters. The van der Waals surface area contributed by atoms with E-state index in [1.807, 2.05) is 36.4 Å². The maximum absolute atomic E-state index is 11.9. The normalized spacial score (nSPS) is 10.4. The van der Waals surface area contributed by atoms with Gasteiger partial charge < -0.3 is 14.8 Å². The summed E-state index contributed by atoms with van der Waals surface area (Å²) in [4.78, 5) is 11.9. The zero-order valence-electron chi connectivity index (χ0n) is 12.0. The minimum absolute atomic E-state index is 0.146. The van der Waals surface area contributed by atoms with Gasteiger partial charge in [0.2, 0.25) is 0 Å². The molecule has 0 saturated heterocycles. The van der Waals surface area contributed by atoms with Crippen molar-refractivity contribution in [2.24, 2.45) is 0 Å². The lowest BCUT2D eigenvalue weighted by molar-refractivity contribution is 0.0970. The first-order chi connectivity index (χ1) is 10.2. The van der Waals surface area contributed by atoms with Crippen LogP contribution in [0.15, 0.2) is 54.7 Å². The van der Waals surface area contributed by atoms with Crippen molar-refractivity contribution in [2.45, 2.75) is 0 Å². The Balaban J connectivity index is 2.03. The van der Waals surface area contributed by atoms with Crippen molar-refractivity contribution in [3.63, 3.8) is 0 Å². The van der Waals surface area contributed by atoms with Gasteiger partial charge in [0.25, 0.3) is 5.91 Å². The third kappa shape index (κ3) is 3.86. The predicted molar refractivity (Wildman–Crippen MR) is 82.5 cm³/mol. The Morgan fingerprint density at radius 1 is 1.00 bits per heavy atom. The summed E-state index contributed by atoms with van der Waals surface area (Å²) < 4.78 is 10.4. The van der Waals surface area contributed by atoms with Gasteiger partial charge in [0, 0.05) is 11.8 Å².